The number of sulfonamides is 1. The van der Waals surface area contributed by atoms with Gasteiger partial charge in [0.05, 0.1) is 4.90 Å². The van der Waals surface area contributed by atoms with E-state index in [1.807, 2.05) is 23.4 Å². The van der Waals surface area contributed by atoms with Crippen LogP contribution in [0.4, 0.5) is 0 Å². The Morgan fingerprint density at radius 3 is 2.36 bits per heavy atom. The van der Waals surface area contributed by atoms with Crippen LogP contribution in [0.3, 0.4) is 0 Å². The van der Waals surface area contributed by atoms with E-state index in [-0.39, 0.29) is 6.04 Å². The Morgan fingerprint density at radius 2 is 1.64 bits per heavy atom. The van der Waals surface area contributed by atoms with Gasteiger partial charge in [0.15, 0.2) is 0 Å². The highest BCUT2D eigenvalue weighted by Crippen LogP contribution is 2.46. The average Bonchev–Trinajstić information content (AvgIpc) is 3.07. The third kappa shape index (κ3) is 3.73. The molecule has 0 amide bonds. The fourth-order valence-electron chi connectivity index (χ4n) is 5.51. The standard InChI is InChI=1S/C24H33NO2S/c1-18-13-15-21(16-14-18)28(26,27)25-17-23-19(2)9-5-3-8-12-22(23)24(25)20-10-6-4-7-11-20/h3,5,13-16,20,22,24H,4,6-12,17H2,1-2H3/b5-3-,23-19-/t22-,24+/m0/s1. The highest BCUT2D eigenvalue weighted by atomic mass is 32.2. The molecule has 0 bridgehead atoms. The second kappa shape index (κ2) is 8.16. The van der Waals surface area contributed by atoms with Crippen molar-refractivity contribution in [3.63, 3.8) is 0 Å². The highest BCUT2D eigenvalue weighted by Gasteiger charge is 2.48. The van der Waals surface area contributed by atoms with Crippen molar-refractivity contribution in [1.29, 1.82) is 0 Å². The first kappa shape index (κ1) is 19.9. The molecule has 2 atom stereocenters. The van der Waals surface area contributed by atoms with Crippen LogP contribution in [0.2, 0.25) is 0 Å². The van der Waals surface area contributed by atoms with Crippen LogP contribution >= 0.6 is 0 Å². The van der Waals surface area contributed by atoms with Crippen LogP contribution in [0.1, 0.15) is 63.9 Å². The van der Waals surface area contributed by atoms with Crippen LogP contribution in [0.15, 0.2) is 52.5 Å². The molecule has 2 fully saturated rings. The zero-order valence-electron chi connectivity index (χ0n) is 17.2. The van der Waals surface area contributed by atoms with Crippen molar-refractivity contribution in [2.45, 2.75) is 76.2 Å². The molecule has 1 saturated heterocycles. The summed E-state index contributed by atoms with van der Waals surface area (Å²) in [6, 6.07) is 7.52. The Labute approximate surface area is 170 Å². The number of aryl methyl sites for hydroxylation is 1. The normalized spacial score (nSPS) is 31.2. The molecule has 0 radical (unpaired) electrons. The summed E-state index contributed by atoms with van der Waals surface area (Å²) in [7, 11) is -3.48. The molecule has 0 unspecified atom stereocenters. The van der Waals surface area contributed by atoms with Gasteiger partial charge in [-0.2, -0.15) is 4.31 Å². The lowest BCUT2D eigenvalue weighted by Gasteiger charge is -2.36. The van der Waals surface area contributed by atoms with Crippen molar-refractivity contribution in [2.24, 2.45) is 11.8 Å². The lowest BCUT2D eigenvalue weighted by Crippen LogP contribution is -2.43. The van der Waals surface area contributed by atoms with Gasteiger partial charge in [-0.15, -0.1) is 0 Å². The first-order valence-electron chi connectivity index (χ1n) is 10.9. The summed E-state index contributed by atoms with van der Waals surface area (Å²) < 4.78 is 29.3. The zero-order chi connectivity index (χ0) is 19.7. The number of nitrogens with zero attached hydrogens (tertiary/aromatic N) is 1. The summed E-state index contributed by atoms with van der Waals surface area (Å²) in [5, 5.41) is 0. The lowest BCUT2D eigenvalue weighted by atomic mass is 9.76. The molecule has 3 nitrogen and oxygen atoms in total. The van der Waals surface area contributed by atoms with Crippen molar-refractivity contribution in [2.75, 3.05) is 6.54 Å². The monoisotopic (exact) mass is 399 g/mol. The van der Waals surface area contributed by atoms with Gasteiger partial charge in [0.25, 0.3) is 0 Å². The Morgan fingerprint density at radius 1 is 0.929 bits per heavy atom. The molecule has 1 aromatic rings. The SMILES string of the molecule is C/C1=C2\CN(S(=O)(=O)c3ccc(C)cc3)[C@H](C3CCCCC3)[C@H]2CC/C=C\C1. The molecule has 1 saturated carbocycles. The highest BCUT2D eigenvalue weighted by molar-refractivity contribution is 7.89. The Bertz CT molecular complexity index is 860. The van der Waals surface area contributed by atoms with E-state index < -0.39 is 10.0 Å². The van der Waals surface area contributed by atoms with Crippen LogP contribution < -0.4 is 0 Å². The van der Waals surface area contributed by atoms with Crippen molar-refractivity contribution >= 4 is 10.0 Å². The summed E-state index contributed by atoms with van der Waals surface area (Å²) in [5.41, 5.74) is 3.87. The molecule has 4 heteroatoms. The molecule has 152 valence electrons. The van der Waals surface area contributed by atoms with Gasteiger partial charge >= 0.3 is 0 Å². The van der Waals surface area contributed by atoms with E-state index in [0.29, 0.717) is 23.3 Å². The first-order chi connectivity index (χ1) is 13.5. The molecular weight excluding hydrogens is 366 g/mol. The fourth-order valence-corrected chi connectivity index (χ4v) is 7.21. The van der Waals surface area contributed by atoms with Gasteiger partial charge in [-0.1, -0.05) is 60.3 Å². The van der Waals surface area contributed by atoms with Crippen LogP contribution in [-0.2, 0) is 10.0 Å². The van der Waals surface area contributed by atoms with Gasteiger partial charge < -0.3 is 0 Å². The van der Waals surface area contributed by atoms with Gasteiger partial charge in [0, 0.05) is 12.6 Å². The molecule has 0 spiro atoms. The van der Waals surface area contributed by atoms with E-state index >= 15 is 0 Å². The third-order valence-corrected chi connectivity index (χ3v) is 8.92. The molecule has 4 rings (SSSR count). The van der Waals surface area contributed by atoms with E-state index in [1.54, 1.807) is 12.1 Å². The number of hydrogen-bond acceptors (Lipinski definition) is 2. The van der Waals surface area contributed by atoms with Gasteiger partial charge in [-0.3, -0.25) is 0 Å². The van der Waals surface area contributed by atoms with Crippen molar-refractivity contribution in [1.82, 2.24) is 4.31 Å². The quantitative estimate of drug-likeness (QED) is 0.619. The summed E-state index contributed by atoms with van der Waals surface area (Å²) in [6.07, 6.45) is 13.7. The van der Waals surface area contributed by atoms with E-state index in [1.165, 1.54) is 43.3 Å². The number of benzene rings is 1. The maximum absolute atomic E-state index is 13.7. The topological polar surface area (TPSA) is 37.4 Å². The van der Waals surface area contributed by atoms with Crippen molar-refractivity contribution in [3.8, 4) is 0 Å². The number of rotatable bonds is 3. The predicted molar refractivity (Wildman–Crippen MR) is 115 cm³/mol. The van der Waals surface area contributed by atoms with Crippen LogP contribution in [0.25, 0.3) is 0 Å². The zero-order valence-corrected chi connectivity index (χ0v) is 18.0. The third-order valence-electron chi connectivity index (χ3n) is 7.06. The summed E-state index contributed by atoms with van der Waals surface area (Å²) in [6.45, 7) is 4.79. The minimum absolute atomic E-state index is 0.128. The Hall–Kier alpha value is -1.39. The van der Waals surface area contributed by atoms with Crippen LogP contribution in [-0.4, -0.2) is 25.3 Å². The maximum Gasteiger partial charge on any atom is 0.243 e. The molecule has 1 aromatic carbocycles. The van der Waals surface area contributed by atoms with E-state index in [9.17, 15) is 8.42 Å². The molecule has 28 heavy (non-hydrogen) atoms. The first-order valence-corrected chi connectivity index (χ1v) is 12.3. The fraction of sp³-hybridized carbons (Fsp3) is 0.583. The smallest absolute Gasteiger partial charge is 0.207 e. The molecule has 1 heterocycles. The molecular formula is C24H33NO2S. The summed E-state index contributed by atoms with van der Waals surface area (Å²) in [5.74, 6) is 0.876. The van der Waals surface area contributed by atoms with E-state index in [0.717, 1.165) is 24.8 Å². The van der Waals surface area contributed by atoms with Crippen molar-refractivity contribution < 1.29 is 8.42 Å². The second-order valence-corrected chi connectivity index (χ2v) is 10.8. The van der Waals surface area contributed by atoms with Gasteiger partial charge in [-0.25, -0.2) is 8.42 Å². The minimum Gasteiger partial charge on any atom is -0.207 e. The van der Waals surface area contributed by atoms with E-state index in [2.05, 4.69) is 19.1 Å². The lowest BCUT2D eigenvalue weighted by molar-refractivity contribution is 0.189. The average molecular weight is 400 g/mol. The minimum atomic E-state index is -3.48. The second-order valence-electron chi connectivity index (χ2n) is 8.92. The van der Waals surface area contributed by atoms with Gasteiger partial charge in [-0.05, 0) is 69.9 Å². The number of hydrogen-bond donors (Lipinski definition) is 0. The number of allylic oxidation sites excluding steroid dienone is 3. The molecule has 0 N–H and O–H groups in total. The van der Waals surface area contributed by atoms with Crippen LogP contribution in [0.5, 0.6) is 0 Å². The molecule has 2 aliphatic carbocycles. The maximum atomic E-state index is 13.7. The molecule has 3 aliphatic rings. The molecule has 1 aliphatic heterocycles. The van der Waals surface area contributed by atoms with Gasteiger partial charge in [0.1, 0.15) is 0 Å². The Balaban J connectivity index is 1.76. The molecule has 0 aromatic heterocycles. The van der Waals surface area contributed by atoms with E-state index in [4.69, 9.17) is 0 Å². The van der Waals surface area contributed by atoms with Crippen LogP contribution in [0, 0.1) is 18.8 Å². The number of fused-ring (bicyclic) bond motifs is 1. The van der Waals surface area contributed by atoms with Crippen molar-refractivity contribution in [3.05, 3.63) is 53.1 Å². The largest absolute Gasteiger partial charge is 0.243 e. The Kier molecular flexibility index (Phi) is 5.80. The summed E-state index contributed by atoms with van der Waals surface area (Å²) >= 11 is 0. The summed E-state index contributed by atoms with van der Waals surface area (Å²) in [4.78, 5) is 0.449. The predicted octanol–water partition coefficient (Wildman–Crippen LogP) is 5.62. The van der Waals surface area contributed by atoms with Gasteiger partial charge in [0.2, 0.25) is 10.0 Å².